The van der Waals surface area contributed by atoms with Crippen molar-refractivity contribution in [2.75, 3.05) is 19.8 Å². The van der Waals surface area contributed by atoms with Gasteiger partial charge < -0.3 is 29.5 Å². The van der Waals surface area contributed by atoms with Crippen LogP contribution in [0.4, 0.5) is 0 Å². The van der Waals surface area contributed by atoms with Crippen molar-refractivity contribution in [2.45, 2.75) is 51.5 Å². The molecule has 3 aromatic rings. The lowest BCUT2D eigenvalue weighted by molar-refractivity contribution is -0.139. The van der Waals surface area contributed by atoms with Crippen molar-refractivity contribution in [3.8, 4) is 0 Å². The van der Waals surface area contributed by atoms with Gasteiger partial charge in [0.15, 0.2) is 0 Å². The highest BCUT2D eigenvalue weighted by Gasteiger charge is 2.44. The molecule has 0 radical (unpaired) electrons. The van der Waals surface area contributed by atoms with Crippen LogP contribution in [0.25, 0.3) is 0 Å². The second-order valence-electron chi connectivity index (χ2n) is 10.5. The Hall–Kier alpha value is -3.17. The van der Waals surface area contributed by atoms with Crippen LogP contribution < -0.4 is 0 Å². The van der Waals surface area contributed by atoms with E-state index in [-0.39, 0.29) is 44.4 Å². The molecule has 41 heavy (non-hydrogen) atoms. The van der Waals surface area contributed by atoms with E-state index in [1.165, 1.54) is 0 Å². The lowest BCUT2D eigenvalue weighted by Gasteiger charge is -2.38. The summed E-state index contributed by atoms with van der Waals surface area (Å²) >= 11 is 0. The zero-order valence-electron chi connectivity index (χ0n) is 23.9. The molecule has 0 bridgehead atoms. The molecular formula is C34H42O7. The zero-order valence-corrected chi connectivity index (χ0v) is 23.9. The standard InChI is InChI=1S/C34H42O7/c1-25(19-39-20-28-13-7-4-8-14-28)32(36)26(2)33(37)27(3)34(38,24-41-22-30-17-11-6-12-18-30)31(35)23-40-21-29-15-9-5-10-16-29/h4-18,25-26,31,33,35,37-38H,3,19-24H2,1-2H3/t25-,26+,31+,33+,34+/m0/s1. The van der Waals surface area contributed by atoms with E-state index < -0.39 is 29.6 Å². The first-order valence-corrected chi connectivity index (χ1v) is 13.9. The van der Waals surface area contributed by atoms with Gasteiger partial charge in [0.1, 0.15) is 17.5 Å². The van der Waals surface area contributed by atoms with Crippen LogP contribution in [0.1, 0.15) is 30.5 Å². The monoisotopic (exact) mass is 562 g/mol. The van der Waals surface area contributed by atoms with E-state index in [9.17, 15) is 20.1 Å². The molecule has 0 amide bonds. The SMILES string of the molecule is C=C([C@H](O)[C@H](C)C(=O)[C@@H](C)COCc1ccccc1)[C@](O)(COCc1ccccc1)[C@H](O)COCc1ccccc1. The summed E-state index contributed by atoms with van der Waals surface area (Å²) in [5.74, 6) is -1.65. The molecule has 3 N–H and O–H groups in total. The lowest BCUT2D eigenvalue weighted by Crippen LogP contribution is -2.54. The number of carbonyl (C=O) groups excluding carboxylic acids is 1. The quantitative estimate of drug-likeness (QED) is 0.196. The minimum Gasteiger partial charge on any atom is -0.388 e. The Morgan fingerprint density at radius 2 is 1.15 bits per heavy atom. The topological polar surface area (TPSA) is 105 Å². The third kappa shape index (κ3) is 9.71. The molecule has 0 aliphatic heterocycles. The average molecular weight is 563 g/mol. The van der Waals surface area contributed by atoms with Gasteiger partial charge >= 0.3 is 0 Å². The fourth-order valence-corrected chi connectivity index (χ4v) is 4.47. The van der Waals surface area contributed by atoms with Gasteiger partial charge in [-0.15, -0.1) is 0 Å². The molecule has 7 heteroatoms. The van der Waals surface area contributed by atoms with Crippen molar-refractivity contribution in [2.24, 2.45) is 11.8 Å². The van der Waals surface area contributed by atoms with E-state index in [1.54, 1.807) is 13.8 Å². The van der Waals surface area contributed by atoms with Crippen molar-refractivity contribution >= 4 is 5.78 Å². The summed E-state index contributed by atoms with van der Waals surface area (Å²) in [4.78, 5) is 13.2. The lowest BCUT2D eigenvalue weighted by atomic mass is 9.79. The van der Waals surface area contributed by atoms with Crippen molar-refractivity contribution in [1.29, 1.82) is 0 Å². The Labute approximate surface area is 243 Å². The highest BCUT2D eigenvalue weighted by atomic mass is 16.5. The molecule has 0 saturated carbocycles. The normalized spacial score (nSPS) is 15.8. The van der Waals surface area contributed by atoms with Crippen LogP contribution in [0.3, 0.4) is 0 Å². The summed E-state index contributed by atoms with van der Waals surface area (Å²) in [6.45, 7) is 7.60. The van der Waals surface area contributed by atoms with Gasteiger partial charge in [-0.3, -0.25) is 4.79 Å². The maximum atomic E-state index is 13.2. The Morgan fingerprint density at radius 1 is 0.732 bits per heavy atom. The van der Waals surface area contributed by atoms with Crippen molar-refractivity contribution < 1.29 is 34.3 Å². The van der Waals surface area contributed by atoms with Crippen LogP contribution >= 0.6 is 0 Å². The van der Waals surface area contributed by atoms with E-state index in [2.05, 4.69) is 6.58 Å². The Morgan fingerprint density at radius 3 is 1.61 bits per heavy atom. The van der Waals surface area contributed by atoms with E-state index in [0.29, 0.717) is 6.61 Å². The fraction of sp³-hybridized carbons (Fsp3) is 0.382. The number of hydrogen-bond donors (Lipinski definition) is 3. The summed E-state index contributed by atoms with van der Waals surface area (Å²) in [6.07, 6.45) is -2.91. The Balaban J connectivity index is 1.63. The molecule has 0 fully saturated rings. The number of hydrogen-bond acceptors (Lipinski definition) is 7. The van der Waals surface area contributed by atoms with E-state index >= 15 is 0 Å². The van der Waals surface area contributed by atoms with E-state index in [4.69, 9.17) is 14.2 Å². The molecular weight excluding hydrogens is 520 g/mol. The number of carbonyl (C=O) groups is 1. The number of aliphatic hydroxyl groups excluding tert-OH is 2. The minimum atomic E-state index is -2.08. The van der Waals surface area contributed by atoms with Crippen LogP contribution in [0.5, 0.6) is 0 Å². The highest BCUT2D eigenvalue weighted by molar-refractivity contribution is 5.84. The van der Waals surface area contributed by atoms with Crippen LogP contribution in [-0.2, 0) is 38.8 Å². The molecule has 0 aromatic heterocycles. The molecule has 220 valence electrons. The minimum absolute atomic E-state index is 0.111. The summed E-state index contributed by atoms with van der Waals surface area (Å²) in [6, 6.07) is 28.5. The molecule has 0 aliphatic carbocycles. The Bertz CT molecular complexity index is 1190. The third-order valence-corrected chi connectivity index (χ3v) is 7.17. The summed E-state index contributed by atoms with van der Waals surface area (Å²) in [7, 11) is 0. The molecule has 0 unspecified atom stereocenters. The Kier molecular flexibility index (Phi) is 12.9. The van der Waals surface area contributed by atoms with Crippen molar-refractivity contribution in [1.82, 2.24) is 0 Å². The van der Waals surface area contributed by atoms with Gasteiger partial charge in [-0.2, -0.15) is 0 Å². The molecule has 0 aliphatic rings. The van der Waals surface area contributed by atoms with E-state index in [0.717, 1.165) is 16.7 Å². The van der Waals surface area contributed by atoms with Crippen LogP contribution in [0.15, 0.2) is 103 Å². The largest absolute Gasteiger partial charge is 0.388 e. The molecule has 5 atom stereocenters. The smallest absolute Gasteiger partial charge is 0.143 e. The van der Waals surface area contributed by atoms with Crippen LogP contribution in [0.2, 0.25) is 0 Å². The summed E-state index contributed by atoms with van der Waals surface area (Å²) in [5, 5.41) is 33.9. The van der Waals surface area contributed by atoms with Crippen LogP contribution in [-0.4, -0.2) is 58.7 Å². The van der Waals surface area contributed by atoms with Crippen molar-refractivity contribution in [3.63, 3.8) is 0 Å². The number of aliphatic hydroxyl groups is 3. The van der Waals surface area contributed by atoms with Gasteiger partial charge in [-0.25, -0.2) is 0 Å². The number of benzene rings is 3. The number of Topliss-reactive ketones (excluding diaryl/α,β-unsaturated/α-hetero) is 1. The number of rotatable bonds is 18. The first-order valence-electron chi connectivity index (χ1n) is 13.9. The van der Waals surface area contributed by atoms with Gasteiger partial charge in [-0.05, 0) is 22.3 Å². The first kappa shape index (κ1) is 32.3. The van der Waals surface area contributed by atoms with Gasteiger partial charge in [-0.1, -0.05) is 111 Å². The molecule has 3 aromatic carbocycles. The van der Waals surface area contributed by atoms with Gasteiger partial charge in [0.2, 0.25) is 0 Å². The van der Waals surface area contributed by atoms with Crippen molar-refractivity contribution in [3.05, 3.63) is 120 Å². The second-order valence-corrected chi connectivity index (χ2v) is 10.5. The molecule has 0 spiro atoms. The molecule has 0 heterocycles. The van der Waals surface area contributed by atoms with Crippen LogP contribution in [0, 0.1) is 11.8 Å². The van der Waals surface area contributed by atoms with Gasteiger partial charge in [0, 0.05) is 11.8 Å². The molecule has 7 nitrogen and oxygen atoms in total. The van der Waals surface area contributed by atoms with Gasteiger partial charge in [0.25, 0.3) is 0 Å². The van der Waals surface area contributed by atoms with Gasteiger partial charge in [0.05, 0.1) is 45.7 Å². The summed E-state index contributed by atoms with van der Waals surface area (Å²) in [5.41, 5.74) is 0.595. The maximum absolute atomic E-state index is 13.2. The average Bonchev–Trinajstić information content (AvgIpc) is 3.00. The number of ketones is 1. The molecule has 3 rings (SSSR count). The molecule has 0 saturated heterocycles. The predicted octanol–water partition coefficient (Wildman–Crippen LogP) is 4.49. The number of ether oxygens (including phenoxy) is 3. The highest BCUT2D eigenvalue weighted by Crippen LogP contribution is 2.29. The summed E-state index contributed by atoms with van der Waals surface area (Å²) < 4.78 is 17.2. The second kappa shape index (κ2) is 16.3. The van der Waals surface area contributed by atoms with E-state index in [1.807, 2.05) is 91.0 Å². The fourth-order valence-electron chi connectivity index (χ4n) is 4.47. The third-order valence-electron chi connectivity index (χ3n) is 7.17. The maximum Gasteiger partial charge on any atom is 0.143 e. The predicted molar refractivity (Wildman–Crippen MR) is 158 cm³/mol. The first-order chi connectivity index (χ1) is 19.7. The zero-order chi connectivity index (χ0) is 29.7.